The molecule has 0 bridgehead atoms. The Morgan fingerprint density at radius 3 is 2.56 bits per heavy atom. The Kier molecular flexibility index (Phi) is 6.01. The van der Waals surface area contributed by atoms with E-state index in [0.717, 1.165) is 42.0 Å². The van der Waals surface area contributed by atoms with E-state index >= 15 is 0 Å². The Bertz CT molecular complexity index is 1250. The van der Waals surface area contributed by atoms with Gasteiger partial charge in [0.1, 0.15) is 10.6 Å². The van der Waals surface area contributed by atoms with E-state index in [-0.39, 0.29) is 0 Å². The number of hydrogen-bond donors (Lipinski definition) is 0. The molecule has 2 aromatic heterocycles. The zero-order valence-electron chi connectivity index (χ0n) is 18.3. The number of benzene rings is 1. The molecule has 0 saturated carbocycles. The van der Waals surface area contributed by atoms with Crippen LogP contribution in [0.3, 0.4) is 0 Å². The highest BCUT2D eigenvalue weighted by Gasteiger charge is 2.26. The summed E-state index contributed by atoms with van der Waals surface area (Å²) >= 11 is 1.81. The van der Waals surface area contributed by atoms with Crippen LogP contribution < -0.4 is 4.90 Å². The second kappa shape index (κ2) is 8.92. The first kappa shape index (κ1) is 21.6. The minimum atomic E-state index is -3.18. The largest absolute Gasteiger partial charge is 0.355 e. The van der Waals surface area contributed by atoms with Crippen molar-refractivity contribution in [3.63, 3.8) is 0 Å². The molecule has 1 aliphatic heterocycles. The van der Waals surface area contributed by atoms with Gasteiger partial charge in [-0.15, -0.1) is 11.3 Å². The number of anilines is 1. The molecule has 168 valence electrons. The van der Waals surface area contributed by atoms with Crippen molar-refractivity contribution in [2.75, 3.05) is 37.3 Å². The van der Waals surface area contributed by atoms with E-state index in [1.54, 1.807) is 15.6 Å². The molecule has 1 saturated heterocycles. The lowest BCUT2D eigenvalue weighted by molar-refractivity contribution is 0.437. The Balaban J connectivity index is 1.56. The van der Waals surface area contributed by atoms with Crippen molar-refractivity contribution in [1.82, 2.24) is 14.3 Å². The molecule has 0 unspecified atom stereocenters. The molecule has 0 spiro atoms. The standard InChI is InChI=1S/C24H28N4O2S2/c1-32(29,30)28-15-7-14-27(16-17-28)23-22-19-10-5-6-11-20(19)31-24(22)26-21(25-23)13-12-18-8-3-2-4-9-18/h2-4,8-9,12-13H,5-7,10-11,14-17H2,1H3/b13-12+. The van der Waals surface area contributed by atoms with E-state index in [1.807, 2.05) is 30.4 Å². The van der Waals surface area contributed by atoms with Crippen molar-refractivity contribution < 1.29 is 8.42 Å². The number of hydrogen-bond acceptors (Lipinski definition) is 6. The van der Waals surface area contributed by atoms with E-state index in [9.17, 15) is 8.42 Å². The first-order chi connectivity index (χ1) is 15.5. The average molecular weight is 469 g/mol. The van der Waals surface area contributed by atoms with E-state index in [4.69, 9.17) is 9.97 Å². The van der Waals surface area contributed by atoms with Gasteiger partial charge in [0.05, 0.1) is 11.6 Å². The molecule has 1 fully saturated rings. The number of nitrogens with zero attached hydrogens (tertiary/aromatic N) is 4. The summed E-state index contributed by atoms with van der Waals surface area (Å²) in [6, 6.07) is 10.2. The van der Waals surface area contributed by atoms with E-state index in [1.165, 1.54) is 34.9 Å². The summed E-state index contributed by atoms with van der Waals surface area (Å²) in [5.41, 5.74) is 2.52. The molecule has 0 N–H and O–H groups in total. The molecular weight excluding hydrogens is 440 g/mol. The molecule has 0 atom stereocenters. The molecule has 1 aromatic carbocycles. The highest BCUT2D eigenvalue weighted by Crippen LogP contribution is 2.40. The van der Waals surface area contributed by atoms with Crippen LogP contribution >= 0.6 is 11.3 Å². The average Bonchev–Trinajstić information content (AvgIpc) is 2.97. The van der Waals surface area contributed by atoms with Gasteiger partial charge in [-0.3, -0.25) is 0 Å². The second-order valence-corrected chi connectivity index (χ2v) is 11.6. The summed E-state index contributed by atoms with van der Waals surface area (Å²) in [7, 11) is -3.18. The molecular formula is C24H28N4O2S2. The summed E-state index contributed by atoms with van der Waals surface area (Å²) < 4.78 is 25.8. The maximum atomic E-state index is 12.1. The van der Waals surface area contributed by atoms with E-state index in [0.29, 0.717) is 25.5 Å². The molecule has 32 heavy (non-hydrogen) atoms. The molecule has 0 amide bonds. The lowest BCUT2D eigenvalue weighted by atomic mass is 9.97. The van der Waals surface area contributed by atoms with Gasteiger partial charge < -0.3 is 4.90 Å². The van der Waals surface area contributed by atoms with Gasteiger partial charge in [-0.25, -0.2) is 22.7 Å². The van der Waals surface area contributed by atoms with E-state index in [2.05, 4.69) is 17.0 Å². The third kappa shape index (κ3) is 4.44. The van der Waals surface area contributed by atoms with Gasteiger partial charge in [0, 0.05) is 31.1 Å². The normalized spacial score (nSPS) is 18.2. The van der Waals surface area contributed by atoms with Crippen molar-refractivity contribution in [1.29, 1.82) is 0 Å². The number of fused-ring (bicyclic) bond motifs is 3. The number of rotatable bonds is 4. The molecule has 0 radical (unpaired) electrons. The lowest BCUT2D eigenvalue weighted by Crippen LogP contribution is -2.34. The predicted octanol–water partition coefficient (Wildman–Crippen LogP) is 4.21. The van der Waals surface area contributed by atoms with Crippen LogP contribution in [-0.4, -0.2) is 55.1 Å². The Labute approximate surface area is 193 Å². The Morgan fingerprint density at radius 1 is 0.938 bits per heavy atom. The zero-order chi connectivity index (χ0) is 22.1. The van der Waals surface area contributed by atoms with Gasteiger partial charge in [0.2, 0.25) is 10.0 Å². The molecule has 1 aliphatic carbocycles. The first-order valence-electron chi connectivity index (χ1n) is 11.2. The summed E-state index contributed by atoms with van der Waals surface area (Å²) in [6.07, 6.45) is 10.8. The first-order valence-corrected chi connectivity index (χ1v) is 13.9. The van der Waals surface area contributed by atoms with Crippen molar-refractivity contribution in [3.05, 3.63) is 52.2 Å². The van der Waals surface area contributed by atoms with Crippen LogP contribution in [0.5, 0.6) is 0 Å². The Morgan fingerprint density at radius 2 is 1.75 bits per heavy atom. The predicted molar refractivity (Wildman–Crippen MR) is 133 cm³/mol. The molecule has 8 heteroatoms. The fourth-order valence-electron chi connectivity index (χ4n) is 4.63. The summed E-state index contributed by atoms with van der Waals surface area (Å²) in [4.78, 5) is 14.7. The van der Waals surface area contributed by atoms with Crippen LogP contribution in [0.15, 0.2) is 30.3 Å². The molecule has 3 heterocycles. The Hall–Kier alpha value is -2.29. The van der Waals surface area contributed by atoms with Crippen LogP contribution in [0.25, 0.3) is 22.4 Å². The van der Waals surface area contributed by atoms with Gasteiger partial charge in [0.25, 0.3) is 0 Å². The highest BCUT2D eigenvalue weighted by molar-refractivity contribution is 7.88. The fourth-order valence-corrected chi connectivity index (χ4v) is 6.77. The number of thiophene rings is 1. The lowest BCUT2D eigenvalue weighted by Gasteiger charge is -2.24. The maximum Gasteiger partial charge on any atom is 0.211 e. The quantitative estimate of drug-likeness (QED) is 0.574. The topological polar surface area (TPSA) is 66.4 Å². The molecule has 3 aromatic rings. The molecule has 6 nitrogen and oxygen atoms in total. The van der Waals surface area contributed by atoms with Crippen molar-refractivity contribution in [2.45, 2.75) is 32.1 Å². The van der Waals surface area contributed by atoms with Gasteiger partial charge >= 0.3 is 0 Å². The number of sulfonamides is 1. The van der Waals surface area contributed by atoms with Crippen molar-refractivity contribution in [2.24, 2.45) is 0 Å². The minimum Gasteiger partial charge on any atom is -0.355 e. The molecule has 5 rings (SSSR count). The van der Waals surface area contributed by atoms with Gasteiger partial charge in [-0.05, 0) is 49.3 Å². The smallest absolute Gasteiger partial charge is 0.211 e. The number of aromatic nitrogens is 2. The van der Waals surface area contributed by atoms with Crippen LogP contribution in [0.2, 0.25) is 0 Å². The van der Waals surface area contributed by atoms with Crippen LogP contribution in [0.4, 0.5) is 5.82 Å². The highest BCUT2D eigenvalue weighted by atomic mass is 32.2. The second-order valence-electron chi connectivity index (χ2n) is 8.54. The van der Waals surface area contributed by atoms with Crippen LogP contribution in [0, 0.1) is 0 Å². The van der Waals surface area contributed by atoms with Gasteiger partial charge in [-0.1, -0.05) is 36.4 Å². The monoisotopic (exact) mass is 468 g/mol. The third-order valence-corrected chi connectivity index (χ3v) is 8.75. The summed E-state index contributed by atoms with van der Waals surface area (Å²) in [5, 5.41) is 1.19. The summed E-state index contributed by atoms with van der Waals surface area (Å²) in [6.45, 7) is 2.49. The summed E-state index contributed by atoms with van der Waals surface area (Å²) in [5.74, 6) is 1.68. The third-order valence-electron chi connectivity index (χ3n) is 6.26. The fraction of sp³-hybridized carbons (Fsp3) is 0.417. The number of aryl methyl sites for hydroxylation is 2. The minimum absolute atomic E-state index is 0.492. The van der Waals surface area contributed by atoms with Gasteiger partial charge in [-0.2, -0.15) is 0 Å². The zero-order valence-corrected chi connectivity index (χ0v) is 20.0. The maximum absolute atomic E-state index is 12.1. The van der Waals surface area contributed by atoms with Crippen molar-refractivity contribution >= 4 is 49.5 Å². The van der Waals surface area contributed by atoms with Crippen molar-refractivity contribution in [3.8, 4) is 0 Å². The van der Waals surface area contributed by atoms with Crippen LogP contribution in [0.1, 0.15) is 41.1 Å². The SMILES string of the molecule is CS(=O)(=O)N1CCCN(c2nc(/C=C/c3ccccc3)nc3sc4c(c23)CCCC4)CC1. The van der Waals surface area contributed by atoms with E-state index < -0.39 is 10.0 Å². The molecule has 2 aliphatic rings. The van der Waals surface area contributed by atoms with Gasteiger partial charge in [0.15, 0.2) is 5.82 Å². The van der Waals surface area contributed by atoms with Crippen LogP contribution in [-0.2, 0) is 22.9 Å².